The fourth-order valence-corrected chi connectivity index (χ4v) is 5.39. The first kappa shape index (κ1) is 18.4. The van der Waals surface area contributed by atoms with E-state index in [1.165, 1.54) is 42.1 Å². The van der Waals surface area contributed by atoms with Crippen LogP contribution in [0.5, 0.6) is 0 Å². The van der Waals surface area contributed by atoms with E-state index in [1.807, 2.05) is 11.3 Å². The van der Waals surface area contributed by atoms with Crippen molar-refractivity contribution in [3.63, 3.8) is 0 Å². The summed E-state index contributed by atoms with van der Waals surface area (Å²) in [6.07, 6.45) is 18.5. The predicted octanol–water partition coefficient (Wildman–Crippen LogP) is 6.70. The summed E-state index contributed by atoms with van der Waals surface area (Å²) in [6, 6.07) is 15.7. The maximum absolute atomic E-state index is 2.46. The summed E-state index contributed by atoms with van der Waals surface area (Å²) >= 11 is 1.89. The Morgan fingerprint density at radius 2 is 1.79 bits per heavy atom. The Balaban J connectivity index is 1.62. The lowest BCUT2D eigenvalue weighted by Gasteiger charge is -2.13. The van der Waals surface area contributed by atoms with E-state index in [4.69, 9.17) is 0 Å². The molecule has 2 aliphatic carbocycles. The third-order valence-electron chi connectivity index (χ3n) is 5.89. The van der Waals surface area contributed by atoms with E-state index in [1.54, 1.807) is 0 Å². The third kappa shape index (κ3) is 3.68. The molecule has 144 valence electrons. The average molecular weight is 395 g/mol. The summed E-state index contributed by atoms with van der Waals surface area (Å²) in [5, 5.41) is 5.48. The van der Waals surface area contributed by atoms with Crippen molar-refractivity contribution in [2.24, 2.45) is 11.8 Å². The average Bonchev–Trinajstić information content (AvgIpc) is 3.19. The molecule has 0 radical (unpaired) electrons. The fourth-order valence-electron chi connectivity index (χ4n) is 4.40. The topological polar surface area (TPSA) is 0 Å². The lowest BCUT2D eigenvalue weighted by molar-refractivity contribution is 0.732. The molecule has 0 N–H and O–H groups in total. The van der Waals surface area contributed by atoms with Crippen molar-refractivity contribution in [1.29, 1.82) is 0 Å². The standard InChI is InChI=1S/C28H26S/c1-19-6-5-7-21(16-19)11-13-24-14-15-27(29-24)28-25-9-4-3-8-22(25)18-23-12-10-20(2)17-26(23)28/h3-5,7-9,11-20H,6,10H2,1-2H3/b13-11+. The van der Waals surface area contributed by atoms with Gasteiger partial charge in [0.2, 0.25) is 0 Å². The van der Waals surface area contributed by atoms with Crippen molar-refractivity contribution in [3.05, 3.63) is 87.7 Å². The normalized spacial score (nSPS) is 21.0. The van der Waals surface area contributed by atoms with Crippen LogP contribution in [-0.2, 0) is 0 Å². The van der Waals surface area contributed by atoms with Gasteiger partial charge < -0.3 is 0 Å². The van der Waals surface area contributed by atoms with Crippen molar-refractivity contribution >= 4 is 40.3 Å². The number of thiophene rings is 1. The Morgan fingerprint density at radius 3 is 2.69 bits per heavy atom. The van der Waals surface area contributed by atoms with Crippen molar-refractivity contribution in [1.82, 2.24) is 0 Å². The van der Waals surface area contributed by atoms with Gasteiger partial charge >= 0.3 is 0 Å². The highest BCUT2D eigenvalue weighted by molar-refractivity contribution is 7.16. The molecule has 0 saturated heterocycles. The summed E-state index contributed by atoms with van der Waals surface area (Å²) in [5.41, 5.74) is 2.72. The minimum atomic E-state index is 0.591. The molecule has 0 nitrogen and oxygen atoms in total. The van der Waals surface area contributed by atoms with E-state index in [0.717, 1.165) is 12.8 Å². The quantitative estimate of drug-likeness (QED) is 0.463. The smallest absolute Gasteiger partial charge is 0.0361 e. The lowest BCUT2D eigenvalue weighted by atomic mass is 9.92. The Kier molecular flexibility index (Phi) is 4.85. The van der Waals surface area contributed by atoms with Gasteiger partial charge in [0.15, 0.2) is 0 Å². The molecule has 29 heavy (non-hydrogen) atoms. The molecule has 0 amide bonds. The molecule has 2 aromatic carbocycles. The second-order valence-electron chi connectivity index (χ2n) is 8.38. The molecule has 0 spiro atoms. The van der Waals surface area contributed by atoms with Crippen LogP contribution in [0.1, 0.15) is 31.6 Å². The van der Waals surface area contributed by atoms with Gasteiger partial charge in [-0.05, 0) is 75.7 Å². The van der Waals surface area contributed by atoms with Crippen LogP contribution in [0.2, 0.25) is 0 Å². The minimum Gasteiger partial charge on any atom is -0.136 e. The van der Waals surface area contributed by atoms with Gasteiger partial charge in [0, 0.05) is 15.3 Å². The first-order valence-corrected chi connectivity index (χ1v) is 11.4. The first-order chi connectivity index (χ1) is 14.2. The van der Waals surface area contributed by atoms with E-state index in [0.29, 0.717) is 11.8 Å². The van der Waals surface area contributed by atoms with Crippen LogP contribution in [0.3, 0.4) is 0 Å². The number of benzene rings is 2. The molecule has 0 saturated carbocycles. The van der Waals surface area contributed by atoms with E-state index < -0.39 is 0 Å². The molecule has 1 heteroatoms. The molecule has 1 heterocycles. The van der Waals surface area contributed by atoms with E-state index >= 15 is 0 Å². The van der Waals surface area contributed by atoms with Gasteiger partial charge in [-0.2, -0.15) is 0 Å². The zero-order valence-electron chi connectivity index (χ0n) is 17.1. The molecule has 5 rings (SSSR count). The van der Waals surface area contributed by atoms with Crippen LogP contribution in [0.25, 0.3) is 39.4 Å². The third-order valence-corrected chi connectivity index (χ3v) is 6.96. The van der Waals surface area contributed by atoms with Crippen LogP contribution in [0.15, 0.2) is 72.3 Å². The second-order valence-corrected chi connectivity index (χ2v) is 9.49. The highest BCUT2D eigenvalue weighted by Crippen LogP contribution is 2.32. The van der Waals surface area contributed by atoms with Crippen molar-refractivity contribution < 1.29 is 0 Å². The van der Waals surface area contributed by atoms with Crippen LogP contribution >= 0.6 is 11.3 Å². The number of fused-ring (bicyclic) bond motifs is 2. The number of hydrogen-bond acceptors (Lipinski definition) is 1. The Hall–Kier alpha value is -2.64. The number of rotatable bonds is 3. The maximum Gasteiger partial charge on any atom is 0.0361 e. The summed E-state index contributed by atoms with van der Waals surface area (Å²) in [7, 11) is 0. The Morgan fingerprint density at radius 1 is 0.931 bits per heavy atom. The molecule has 0 bridgehead atoms. The Labute approximate surface area is 176 Å². The first-order valence-electron chi connectivity index (χ1n) is 10.6. The van der Waals surface area contributed by atoms with Gasteiger partial charge in [0.1, 0.15) is 0 Å². The molecule has 2 aliphatic rings. The molecular formula is C28H26S. The summed E-state index contributed by atoms with van der Waals surface area (Å²) < 4.78 is 0. The fraction of sp³-hybridized carbons (Fsp3) is 0.214. The zero-order chi connectivity index (χ0) is 19.8. The summed E-state index contributed by atoms with van der Waals surface area (Å²) in [6.45, 7) is 4.59. The van der Waals surface area contributed by atoms with Gasteiger partial charge in [-0.1, -0.05) is 74.6 Å². The van der Waals surface area contributed by atoms with Crippen molar-refractivity contribution in [2.75, 3.05) is 0 Å². The molecule has 1 aromatic heterocycles. The molecule has 2 atom stereocenters. The highest BCUT2D eigenvalue weighted by atomic mass is 32.1. The minimum absolute atomic E-state index is 0.591. The van der Waals surface area contributed by atoms with Crippen LogP contribution in [-0.4, -0.2) is 0 Å². The number of hydrogen-bond donors (Lipinski definition) is 0. The van der Waals surface area contributed by atoms with E-state index in [9.17, 15) is 0 Å². The lowest BCUT2D eigenvalue weighted by Crippen LogP contribution is -2.30. The van der Waals surface area contributed by atoms with Crippen LogP contribution in [0, 0.1) is 11.8 Å². The van der Waals surface area contributed by atoms with E-state index in [-0.39, 0.29) is 0 Å². The van der Waals surface area contributed by atoms with Gasteiger partial charge in [-0.25, -0.2) is 0 Å². The van der Waals surface area contributed by atoms with Crippen LogP contribution in [0.4, 0.5) is 0 Å². The number of allylic oxidation sites excluding steroid dienone is 5. The highest BCUT2D eigenvalue weighted by Gasteiger charge is 2.13. The van der Waals surface area contributed by atoms with Gasteiger partial charge in [-0.3, -0.25) is 0 Å². The largest absolute Gasteiger partial charge is 0.136 e. The second kappa shape index (κ2) is 7.65. The molecule has 3 aromatic rings. The molecule has 0 aliphatic heterocycles. The molecule has 0 fully saturated rings. The van der Waals surface area contributed by atoms with E-state index in [2.05, 4.69) is 98.8 Å². The van der Waals surface area contributed by atoms with Crippen molar-refractivity contribution in [2.45, 2.75) is 26.7 Å². The zero-order valence-corrected chi connectivity index (χ0v) is 17.9. The summed E-state index contributed by atoms with van der Waals surface area (Å²) in [4.78, 5) is 2.67. The Bertz CT molecular complexity index is 1280. The van der Waals surface area contributed by atoms with Gasteiger partial charge in [0.05, 0.1) is 0 Å². The maximum atomic E-state index is 2.46. The van der Waals surface area contributed by atoms with Gasteiger partial charge in [-0.15, -0.1) is 11.3 Å². The SMILES string of the molecule is CC1C=C(/C=C/c2ccc(-c3c4c(cc5ccccc35)=CCC(C)C=4)s2)C=CC1. The molecular weight excluding hydrogens is 368 g/mol. The predicted molar refractivity (Wildman–Crippen MR) is 129 cm³/mol. The van der Waals surface area contributed by atoms with Gasteiger partial charge in [0.25, 0.3) is 0 Å². The monoisotopic (exact) mass is 394 g/mol. The molecule has 2 unspecified atom stereocenters. The van der Waals surface area contributed by atoms with Crippen LogP contribution < -0.4 is 10.4 Å². The summed E-state index contributed by atoms with van der Waals surface area (Å²) in [5.74, 6) is 1.23. The van der Waals surface area contributed by atoms with Crippen molar-refractivity contribution in [3.8, 4) is 10.4 Å².